The zero-order valence-corrected chi connectivity index (χ0v) is 20.6. The third-order valence-electron chi connectivity index (χ3n) is 8.07. The van der Waals surface area contributed by atoms with Crippen molar-refractivity contribution in [2.24, 2.45) is 0 Å². The van der Waals surface area contributed by atoms with Crippen LogP contribution in [0.15, 0.2) is 30.5 Å². The van der Waals surface area contributed by atoms with Crippen LogP contribution in [0.25, 0.3) is 0 Å². The molecule has 5 rings (SSSR count). The van der Waals surface area contributed by atoms with Crippen LogP contribution in [-0.4, -0.2) is 69.7 Å². The van der Waals surface area contributed by atoms with E-state index < -0.39 is 11.7 Å². The number of Topliss-reactive ketones (excluding diaryl/α,β-unsaturated/α-hetero) is 1. The monoisotopic (exact) mass is 503 g/mol. The summed E-state index contributed by atoms with van der Waals surface area (Å²) in [7, 11) is 0. The largest absolute Gasteiger partial charge is 0.416 e. The quantitative estimate of drug-likeness (QED) is 0.561. The molecule has 0 aliphatic carbocycles. The first-order valence-corrected chi connectivity index (χ1v) is 12.7. The Morgan fingerprint density at radius 1 is 0.972 bits per heavy atom. The number of ketones is 1. The lowest BCUT2D eigenvalue weighted by molar-refractivity contribution is -0.137. The molecular weight excluding hydrogens is 471 g/mol. The van der Waals surface area contributed by atoms with E-state index in [2.05, 4.69) is 14.9 Å². The van der Waals surface area contributed by atoms with Crippen molar-refractivity contribution in [1.82, 2.24) is 19.6 Å². The highest BCUT2D eigenvalue weighted by molar-refractivity contribution is 5.92. The Kier molecular flexibility index (Phi) is 6.57. The molecule has 1 amide bonds. The van der Waals surface area contributed by atoms with E-state index in [1.54, 1.807) is 17.0 Å². The summed E-state index contributed by atoms with van der Waals surface area (Å²) in [5.41, 5.74) is 1.26. The van der Waals surface area contributed by atoms with Crippen LogP contribution in [0.2, 0.25) is 0 Å². The fourth-order valence-corrected chi connectivity index (χ4v) is 6.02. The smallest absolute Gasteiger partial charge is 0.371 e. The van der Waals surface area contributed by atoms with E-state index in [1.807, 2.05) is 0 Å². The number of carbonyl (C=O) groups is 2. The highest BCUT2D eigenvalue weighted by Crippen LogP contribution is 2.41. The number of hydrogen-bond acceptors (Lipinski definition) is 5. The molecule has 0 bridgehead atoms. The number of carbonyl (C=O) groups excluding carboxylic acids is 2. The summed E-state index contributed by atoms with van der Waals surface area (Å²) >= 11 is 0. The summed E-state index contributed by atoms with van der Waals surface area (Å²) in [5, 5.41) is 4.10. The van der Waals surface area contributed by atoms with Gasteiger partial charge in [-0.05, 0) is 68.8 Å². The van der Waals surface area contributed by atoms with Crippen molar-refractivity contribution in [3.8, 4) is 0 Å². The van der Waals surface area contributed by atoms with Gasteiger partial charge in [0.1, 0.15) is 5.69 Å². The number of rotatable bonds is 4. The number of nitrogens with zero attached hydrogens (tertiary/aromatic N) is 5. The lowest BCUT2D eigenvalue weighted by Crippen LogP contribution is -2.53. The van der Waals surface area contributed by atoms with Gasteiger partial charge in [-0.3, -0.25) is 9.69 Å². The molecule has 1 aromatic carbocycles. The minimum Gasteiger partial charge on any atom is -0.371 e. The second kappa shape index (κ2) is 9.53. The average molecular weight is 504 g/mol. The molecule has 2 aromatic rings. The van der Waals surface area contributed by atoms with Crippen molar-refractivity contribution in [3.05, 3.63) is 47.3 Å². The third kappa shape index (κ3) is 4.75. The van der Waals surface area contributed by atoms with Crippen LogP contribution in [0.1, 0.15) is 67.1 Å². The summed E-state index contributed by atoms with van der Waals surface area (Å²) in [6, 6.07) is 5.50. The van der Waals surface area contributed by atoms with Crippen molar-refractivity contribution in [3.63, 3.8) is 0 Å². The Morgan fingerprint density at radius 3 is 2.33 bits per heavy atom. The van der Waals surface area contributed by atoms with Crippen molar-refractivity contribution in [2.75, 3.05) is 37.6 Å². The van der Waals surface area contributed by atoms with Crippen molar-refractivity contribution < 1.29 is 22.8 Å². The SMILES string of the molecule is CC(=O)c1ccn(C(=O)N2CCC3(CCCN3Cc3ccc(C(F)(F)F)cc3N3CCCC3)CC2)n1. The highest BCUT2D eigenvalue weighted by Gasteiger charge is 2.44. The number of benzene rings is 1. The van der Waals surface area contributed by atoms with Crippen LogP contribution < -0.4 is 4.90 Å². The van der Waals surface area contributed by atoms with Crippen LogP contribution in [0.4, 0.5) is 23.7 Å². The number of anilines is 1. The van der Waals surface area contributed by atoms with E-state index in [0.717, 1.165) is 63.7 Å². The van der Waals surface area contributed by atoms with Crippen molar-refractivity contribution in [2.45, 2.75) is 63.7 Å². The lowest BCUT2D eigenvalue weighted by atomic mass is 9.84. The molecule has 3 aliphatic heterocycles. The van der Waals surface area contributed by atoms with Gasteiger partial charge in [-0.25, -0.2) is 4.79 Å². The molecule has 0 atom stereocenters. The summed E-state index contributed by atoms with van der Waals surface area (Å²) in [6.07, 6.45) is 2.82. The standard InChI is InChI=1S/C26H32F3N5O2/c1-19(35)22-7-14-34(30-22)24(36)32-15-9-25(10-16-32)8-4-13-33(25)18-20-5-6-21(26(27,28)29)17-23(20)31-11-2-3-12-31/h5-7,14,17H,2-4,8-13,15-16,18H2,1H3. The van der Waals surface area contributed by atoms with Gasteiger partial charge in [0.2, 0.25) is 0 Å². The fraction of sp³-hybridized carbons (Fsp3) is 0.577. The third-order valence-corrected chi connectivity index (χ3v) is 8.07. The van der Waals surface area contributed by atoms with Crippen molar-refractivity contribution >= 4 is 17.5 Å². The van der Waals surface area contributed by atoms with Crippen molar-refractivity contribution in [1.29, 1.82) is 0 Å². The Balaban J connectivity index is 1.31. The zero-order valence-electron chi connectivity index (χ0n) is 20.6. The summed E-state index contributed by atoms with van der Waals surface area (Å²) in [6.45, 7) is 5.66. The number of hydrogen-bond donors (Lipinski definition) is 0. The molecule has 7 nitrogen and oxygen atoms in total. The number of amides is 1. The Morgan fingerprint density at radius 2 is 1.69 bits per heavy atom. The van der Waals surface area contributed by atoms with Gasteiger partial charge in [-0.2, -0.15) is 23.0 Å². The Hall–Kier alpha value is -2.88. The second-order valence-electron chi connectivity index (χ2n) is 10.3. The van der Waals surface area contributed by atoms with E-state index in [-0.39, 0.29) is 23.0 Å². The molecule has 0 N–H and O–H groups in total. The minimum absolute atomic E-state index is 0.0591. The Labute approximate surface area is 208 Å². The van der Waals surface area contributed by atoms with Gasteiger partial charge in [0.05, 0.1) is 5.56 Å². The molecule has 1 aromatic heterocycles. The van der Waals surface area contributed by atoms with Gasteiger partial charge >= 0.3 is 12.2 Å². The fourth-order valence-electron chi connectivity index (χ4n) is 6.02. The first kappa shape index (κ1) is 24.8. The van der Waals surface area contributed by atoms with Crippen LogP contribution in [0.5, 0.6) is 0 Å². The minimum atomic E-state index is -4.36. The van der Waals surface area contributed by atoms with E-state index in [0.29, 0.717) is 25.3 Å². The van der Waals surface area contributed by atoms with E-state index in [9.17, 15) is 22.8 Å². The van der Waals surface area contributed by atoms with Gasteiger partial charge in [-0.15, -0.1) is 0 Å². The molecule has 3 aliphatic rings. The maximum atomic E-state index is 13.5. The topological polar surface area (TPSA) is 61.7 Å². The van der Waals surface area contributed by atoms with Gasteiger partial charge < -0.3 is 9.80 Å². The van der Waals surface area contributed by atoms with Crippen LogP contribution in [0, 0.1) is 0 Å². The van der Waals surface area contributed by atoms with Gasteiger partial charge in [-0.1, -0.05) is 6.07 Å². The van der Waals surface area contributed by atoms with E-state index in [4.69, 9.17) is 0 Å². The molecule has 4 heterocycles. The number of piperidine rings is 1. The van der Waals surface area contributed by atoms with E-state index in [1.165, 1.54) is 29.9 Å². The van der Waals surface area contributed by atoms with Crippen LogP contribution in [0.3, 0.4) is 0 Å². The summed E-state index contributed by atoms with van der Waals surface area (Å²) in [5.74, 6) is -0.183. The molecule has 1 spiro atoms. The molecule has 0 unspecified atom stereocenters. The zero-order chi connectivity index (χ0) is 25.5. The summed E-state index contributed by atoms with van der Waals surface area (Å²) in [4.78, 5) is 30.7. The number of alkyl halides is 3. The van der Waals surface area contributed by atoms with Gasteiger partial charge in [0.25, 0.3) is 0 Å². The number of halogens is 3. The van der Waals surface area contributed by atoms with E-state index >= 15 is 0 Å². The molecule has 194 valence electrons. The Bertz CT molecular complexity index is 1130. The molecule has 36 heavy (non-hydrogen) atoms. The molecular formula is C26H32F3N5O2. The first-order valence-electron chi connectivity index (χ1n) is 12.7. The first-order chi connectivity index (χ1) is 17.2. The average Bonchev–Trinajstić information content (AvgIpc) is 3.61. The lowest BCUT2D eigenvalue weighted by Gasteiger charge is -2.45. The number of likely N-dealkylation sites (tertiary alicyclic amines) is 2. The summed E-state index contributed by atoms with van der Waals surface area (Å²) < 4.78 is 41.6. The maximum Gasteiger partial charge on any atom is 0.416 e. The van der Waals surface area contributed by atoms with Crippen LogP contribution in [-0.2, 0) is 12.7 Å². The molecule has 0 radical (unpaired) electrons. The normalized spacial score (nSPS) is 20.4. The molecule has 0 saturated carbocycles. The van der Waals surface area contributed by atoms with Gasteiger partial charge in [0, 0.05) is 57.1 Å². The maximum absolute atomic E-state index is 13.5. The molecule has 3 fully saturated rings. The molecule has 10 heteroatoms. The predicted molar refractivity (Wildman–Crippen MR) is 129 cm³/mol. The molecule has 3 saturated heterocycles. The van der Waals surface area contributed by atoms with Gasteiger partial charge in [0.15, 0.2) is 5.78 Å². The highest BCUT2D eigenvalue weighted by atomic mass is 19.4. The van der Waals surface area contributed by atoms with Crippen LogP contribution >= 0.6 is 0 Å². The number of aromatic nitrogens is 2. The predicted octanol–water partition coefficient (Wildman–Crippen LogP) is 4.80. The second-order valence-corrected chi connectivity index (χ2v) is 10.3.